The molecular weight excluding hydrogens is 449 g/mol. The van der Waals surface area contributed by atoms with Crippen LogP contribution in [0.1, 0.15) is 24.2 Å². The molecule has 0 bridgehead atoms. The standard InChI is InChI=1S/C21H20Cl3N3O3/c1-13(2)26(21(30)17-7-6-15(23)9-18(17)24)11-19(28)25-10-20(29)27(12-25)16-5-3-4-14(22)8-16/h3-9,13H,10-12H2,1-2H3. The number of hydrogen-bond acceptors (Lipinski definition) is 3. The lowest BCUT2D eigenvalue weighted by atomic mass is 10.1. The smallest absolute Gasteiger partial charge is 0.256 e. The fraction of sp³-hybridized carbons (Fsp3) is 0.286. The van der Waals surface area contributed by atoms with Crippen molar-refractivity contribution in [2.24, 2.45) is 0 Å². The SMILES string of the molecule is CC(C)N(CC(=O)N1CC(=O)N(c2cccc(Cl)c2)C1)C(=O)c1ccc(Cl)cc1Cl. The Morgan fingerprint density at radius 3 is 2.40 bits per heavy atom. The summed E-state index contributed by atoms with van der Waals surface area (Å²) in [5.41, 5.74) is 0.883. The molecule has 0 N–H and O–H groups in total. The quantitative estimate of drug-likeness (QED) is 0.656. The molecule has 6 nitrogen and oxygen atoms in total. The molecule has 1 aliphatic heterocycles. The van der Waals surface area contributed by atoms with Gasteiger partial charge in [-0.05, 0) is 50.2 Å². The van der Waals surface area contributed by atoms with E-state index in [9.17, 15) is 14.4 Å². The summed E-state index contributed by atoms with van der Waals surface area (Å²) in [6.07, 6.45) is 0. The van der Waals surface area contributed by atoms with Crippen LogP contribution in [0.4, 0.5) is 5.69 Å². The molecule has 0 atom stereocenters. The lowest BCUT2D eigenvalue weighted by molar-refractivity contribution is -0.132. The average Bonchev–Trinajstić information content (AvgIpc) is 3.07. The van der Waals surface area contributed by atoms with Gasteiger partial charge in [0.1, 0.15) is 19.8 Å². The summed E-state index contributed by atoms with van der Waals surface area (Å²) in [6, 6.07) is 11.2. The van der Waals surface area contributed by atoms with E-state index < -0.39 is 0 Å². The fourth-order valence-electron chi connectivity index (χ4n) is 3.14. The summed E-state index contributed by atoms with van der Waals surface area (Å²) in [6.45, 7) is 3.48. The summed E-state index contributed by atoms with van der Waals surface area (Å²) in [5, 5.41) is 1.14. The van der Waals surface area contributed by atoms with Crippen molar-refractivity contribution in [3.05, 3.63) is 63.1 Å². The summed E-state index contributed by atoms with van der Waals surface area (Å²) in [4.78, 5) is 42.6. The van der Waals surface area contributed by atoms with Crippen LogP contribution in [0, 0.1) is 0 Å². The molecule has 3 rings (SSSR count). The molecule has 30 heavy (non-hydrogen) atoms. The predicted molar refractivity (Wildman–Crippen MR) is 118 cm³/mol. The number of hydrogen-bond donors (Lipinski definition) is 0. The second-order valence-corrected chi connectivity index (χ2v) is 8.47. The topological polar surface area (TPSA) is 60.9 Å². The third kappa shape index (κ3) is 4.89. The molecule has 0 aromatic heterocycles. The molecule has 0 spiro atoms. The molecule has 0 unspecified atom stereocenters. The molecule has 9 heteroatoms. The van der Waals surface area contributed by atoms with E-state index in [2.05, 4.69) is 0 Å². The van der Waals surface area contributed by atoms with E-state index in [1.807, 2.05) is 13.8 Å². The largest absolute Gasteiger partial charge is 0.327 e. The van der Waals surface area contributed by atoms with Crippen molar-refractivity contribution in [1.29, 1.82) is 0 Å². The van der Waals surface area contributed by atoms with Crippen molar-refractivity contribution >= 4 is 58.2 Å². The number of nitrogens with zero attached hydrogens (tertiary/aromatic N) is 3. The minimum atomic E-state index is -0.378. The number of anilines is 1. The molecule has 0 radical (unpaired) electrons. The first-order valence-electron chi connectivity index (χ1n) is 9.27. The first-order valence-corrected chi connectivity index (χ1v) is 10.4. The van der Waals surface area contributed by atoms with Crippen LogP contribution >= 0.6 is 34.8 Å². The Bertz CT molecular complexity index is 996. The number of carbonyl (C=O) groups is 3. The van der Waals surface area contributed by atoms with Gasteiger partial charge in [-0.2, -0.15) is 0 Å². The van der Waals surface area contributed by atoms with Gasteiger partial charge in [0.05, 0.1) is 10.6 Å². The predicted octanol–water partition coefficient (Wildman–Crippen LogP) is 4.33. The molecule has 0 saturated carbocycles. The van der Waals surface area contributed by atoms with Crippen LogP contribution in [-0.4, -0.2) is 53.3 Å². The minimum absolute atomic E-state index is 0.0623. The fourth-order valence-corrected chi connectivity index (χ4v) is 3.81. The Kier molecular flexibility index (Phi) is 6.91. The zero-order chi connectivity index (χ0) is 22.0. The van der Waals surface area contributed by atoms with Crippen molar-refractivity contribution < 1.29 is 14.4 Å². The van der Waals surface area contributed by atoms with Crippen molar-refractivity contribution in [2.75, 3.05) is 24.7 Å². The number of carbonyl (C=O) groups excluding carboxylic acids is 3. The highest BCUT2D eigenvalue weighted by Crippen LogP contribution is 2.25. The summed E-state index contributed by atoms with van der Waals surface area (Å²) < 4.78 is 0. The van der Waals surface area contributed by atoms with Crippen LogP contribution < -0.4 is 4.90 Å². The van der Waals surface area contributed by atoms with Gasteiger partial charge in [-0.3, -0.25) is 19.3 Å². The van der Waals surface area contributed by atoms with E-state index in [0.29, 0.717) is 15.7 Å². The normalized spacial score (nSPS) is 13.9. The Hall–Kier alpha value is -2.28. The molecule has 2 aromatic rings. The Balaban J connectivity index is 1.74. The molecule has 2 aromatic carbocycles. The van der Waals surface area contributed by atoms with Crippen molar-refractivity contribution in [3.8, 4) is 0 Å². The lowest BCUT2D eigenvalue weighted by Crippen LogP contribution is -2.45. The van der Waals surface area contributed by atoms with Gasteiger partial charge in [-0.15, -0.1) is 0 Å². The monoisotopic (exact) mass is 467 g/mol. The van der Waals surface area contributed by atoms with E-state index in [4.69, 9.17) is 34.8 Å². The summed E-state index contributed by atoms with van der Waals surface area (Å²) in [5.74, 6) is -0.925. The van der Waals surface area contributed by atoms with Crippen molar-refractivity contribution in [1.82, 2.24) is 9.80 Å². The van der Waals surface area contributed by atoms with Crippen LogP contribution in [0.5, 0.6) is 0 Å². The summed E-state index contributed by atoms with van der Waals surface area (Å²) >= 11 is 18.1. The van der Waals surface area contributed by atoms with Gasteiger partial charge in [0, 0.05) is 21.8 Å². The van der Waals surface area contributed by atoms with Gasteiger partial charge >= 0.3 is 0 Å². The van der Waals surface area contributed by atoms with E-state index in [-0.39, 0.29) is 54.1 Å². The summed E-state index contributed by atoms with van der Waals surface area (Å²) in [7, 11) is 0. The van der Waals surface area contributed by atoms with Gasteiger partial charge in [0.15, 0.2) is 0 Å². The third-order valence-electron chi connectivity index (χ3n) is 4.76. The van der Waals surface area contributed by atoms with Crippen LogP contribution in [0.15, 0.2) is 42.5 Å². The maximum absolute atomic E-state index is 13.0. The Morgan fingerprint density at radius 1 is 1.07 bits per heavy atom. The van der Waals surface area contributed by atoms with Gasteiger partial charge in [-0.25, -0.2) is 0 Å². The van der Waals surface area contributed by atoms with Crippen LogP contribution in [0.25, 0.3) is 0 Å². The first-order chi connectivity index (χ1) is 14.2. The molecular formula is C21H20Cl3N3O3. The number of rotatable bonds is 5. The molecule has 0 aliphatic carbocycles. The van der Waals surface area contributed by atoms with Gasteiger partial charge in [-0.1, -0.05) is 40.9 Å². The molecule has 1 fully saturated rings. The highest BCUT2D eigenvalue weighted by atomic mass is 35.5. The number of benzene rings is 2. The van der Waals surface area contributed by atoms with Crippen molar-refractivity contribution in [3.63, 3.8) is 0 Å². The maximum atomic E-state index is 13.0. The van der Waals surface area contributed by atoms with Gasteiger partial charge in [0.2, 0.25) is 11.8 Å². The van der Waals surface area contributed by atoms with E-state index in [0.717, 1.165) is 0 Å². The zero-order valence-corrected chi connectivity index (χ0v) is 18.7. The second kappa shape index (κ2) is 9.25. The maximum Gasteiger partial charge on any atom is 0.256 e. The average molecular weight is 469 g/mol. The van der Waals surface area contributed by atoms with Crippen LogP contribution in [0.2, 0.25) is 15.1 Å². The van der Waals surface area contributed by atoms with Gasteiger partial charge < -0.3 is 9.80 Å². The molecule has 3 amide bonds. The highest BCUT2D eigenvalue weighted by molar-refractivity contribution is 6.36. The zero-order valence-electron chi connectivity index (χ0n) is 16.4. The highest BCUT2D eigenvalue weighted by Gasteiger charge is 2.34. The third-order valence-corrected chi connectivity index (χ3v) is 5.55. The van der Waals surface area contributed by atoms with E-state index in [1.165, 1.54) is 26.8 Å². The molecule has 1 saturated heterocycles. The van der Waals surface area contributed by atoms with Crippen molar-refractivity contribution in [2.45, 2.75) is 19.9 Å². The Morgan fingerprint density at radius 2 is 1.77 bits per heavy atom. The molecule has 1 heterocycles. The van der Waals surface area contributed by atoms with E-state index in [1.54, 1.807) is 30.3 Å². The number of halogens is 3. The van der Waals surface area contributed by atoms with Crippen LogP contribution in [-0.2, 0) is 9.59 Å². The molecule has 158 valence electrons. The molecule has 1 aliphatic rings. The van der Waals surface area contributed by atoms with Gasteiger partial charge in [0.25, 0.3) is 5.91 Å². The number of amides is 3. The Labute approximate surface area is 189 Å². The van der Waals surface area contributed by atoms with E-state index >= 15 is 0 Å². The first kappa shape index (κ1) is 22.4. The lowest BCUT2D eigenvalue weighted by Gasteiger charge is -2.28. The van der Waals surface area contributed by atoms with Crippen LogP contribution in [0.3, 0.4) is 0 Å². The minimum Gasteiger partial charge on any atom is -0.327 e. The second-order valence-electron chi connectivity index (χ2n) is 7.19.